The number of carbonyl (C=O) groups is 1. The number of benzene rings is 2. The molecule has 3 heteroatoms. The van der Waals surface area contributed by atoms with Gasteiger partial charge in [-0.05, 0) is 29.8 Å². The molecule has 2 aromatic rings. The number of allylic oxidation sites excluding steroid dienone is 1. The van der Waals surface area contributed by atoms with E-state index < -0.39 is 0 Å². The Bertz CT molecular complexity index is 780. The summed E-state index contributed by atoms with van der Waals surface area (Å²) in [7, 11) is 0. The van der Waals surface area contributed by atoms with Crippen LogP contribution in [0.5, 0.6) is 11.5 Å². The van der Waals surface area contributed by atoms with Gasteiger partial charge in [-0.1, -0.05) is 36.6 Å². The van der Waals surface area contributed by atoms with Gasteiger partial charge in [-0.25, -0.2) is 0 Å². The molecule has 1 heterocycles. The van der Waals surface area contributed by atoms with Crippen molar-refractivity contribution in [2.45, 2.75) is 6.42 Å². The Labute approximate surface area is 129 Å². The van der Waals surface area contributed by atoms with Crippen LogP contribution in [0.25, 0.3) is 0 Å². The molecule has 1 aliphatic rings. The third-order valence-electron chi connectivity index (χ3n) is 3.31. The molecular weight excluding hydrogens is 276 g/mol. The summed E-state index contributed by atoms with van der Waals surface area (Å²) in [6, 6.07) is 13.3. The number of hydrogen-bond acceptors (Lipinski definition) is 3. The lowest BCUT2D eigenvalue weighted by molar-refractivity contribution is -0.114. The van der Waals surface area contributed by atoms with Gasteiger partial charge in [-0.15, -0.1) is 0 Å². The molecule has 0 aliphatic carbocycles. The Balaban J connectivity index is 2.00. The summed E-state index contributed by atoms with van der Waals surface area (Å²) in [6.07, 6.45) is 1.57. The van der Waals surface area contributed by atoms with Crippen LogP contribution in [0.2, 0.25) is 0 Å². The molecule has 2 aromatic carbocycles. The molecule has 3 nitrogen and oxygen atoms in total. The molecule has 22 heavy (non-hydrogen) atoms. The first kappa shape index (κ1) is 14.0. The van der Waals surface area contributed by atoms with Gasteiger partial charge in [-0.2, -0.15) is 0 Å². The number of ketones is 1. The van der Waals surface area contributed by atoms with Gasteiger partial charge in [0.15, 0.2) is 17.3 Å². The lowest BCUT2D eigenvalue weighted by atomic mass is 10.0. The van der Waals surface area contributed by atoms with E-state index >= 15 is 0 Å². The van der Waals surface area contributed by atoms with Crippen molar-refractivity contribution in [3.63, 3.8) is 0 Å². The maximum Gasteiger partial charge on any atom is 0.231 e. The van der Waals surface area contributed by atoms with E-state index in [1.54, 1.807) is 0 Å². The van der Waals surface area contributed by atoms with E-state index in [4.69, 9.17) is 9.47 Å². The third-order valence-corrected chi connectivity index (χ3v) is 3.31. The minimum absolute atomic E-state index is 0.0540. The first-order valence-corrected chi connectivity index (χ1v) is 6.91. The third kappa shape index (κ3) is 3.02. The van der Waals surface area contributed by atoms with E-state index in [1.165, 1.54) is 6.08 Å². The highest BCUT2D eigenvalue weighted by Gasteiger charge is 2.17. The summed E-state index contributed by atoms with van der Waals surface area (Å²) < 4.78 is 10.7. The van der Waals surface area contributed by atoms with Crippen LogP contribution in [0.1, 0.15) is 16.7 Å². The second-order valence-electron chi connectivity index (χ2n) is 4.83. The van der Waals surface area contributed by atoms with Crippen molar-refractivity contribution in [1.82, 2.24) is 0 Å². The second-order valence-corrected chi connectivity index (χ2v) is 4.83. The first-order valence-electron chi connectivity index (χ1n) is 6.91. The van der Waals surface area contributed by atoms with E-state index in [0.717, 1.165) is 16.7 Å². The fourth-order valence-corrected chi connectivity index (χ4v) is 2.17. The predicted octanol–water partition coefficient (Wildman–Crippen LogP) is 3.11. The van der Waals surface area contributed by atoms with Gasteiger partial charge >= 0.3 is 0 Å². The van der Waals surface area contributed by atoms with Gasteiger partial charge in [0.2, 0.25) is 6.79 Å². The largest absolute Gasteiger partial charge is 0.454 e. The quantitative estimate of drug-likeness (QED) is 0.643. The highest BCUT2D eigenvalue weighted by molar-refractivity contribution is 5.91. The van der Waals surface area contributed by atoms with E-state index in [2.05, 4.69) is 18.4 Å². The van der Waals surface area contributed by atoms with E-state index in [-0.39, 0.29) is 19.0 Å². The second kappa shape index (κ2) is 6.19. The van der Waals surface area contributed by atoms with E-state index in [0.29, 0.717) is 11.5 Å². The molecule has 0 saturated carbocycles. The number of hydrogen-bond donors (Lipinski definition) is 0. The van der Waals surface area contributed by atoms with Crippen molar-refractivity contribution in [3.05, 3.63) is 71.8 Å². The summed E-state index contributed by atoms with van der Waals surface area (Å²) in [5.41, 5.74) is 2.50. The van der Waals surface area contributed by atoms with Crippen molar-refractivity contribution in [1.29, 1.82) is 0 Å². The average molecular weight is 290 g/mol. The number of rotatable bonds is 3. The Morgan fingerprint density at radius 1 is 1.14 bits per heavy atom. The van der Waals surface area contributed by atoms with Gasteiger partial charge in [0, 0.05) is 23.6 Å². The first-order chi connectivity index (χ1) is 10.8. The normalized spacial score (nSPS) is 11.5. The fraction of sp³-hybridized carbons (Fsp3) is 0.105. The molecule has 0 amide bonds. The highest BCUT2D eigenvalue weighted by Crippen LogP contribution is 2.34. The number of ether oxygens (including phenoxy) is 2. The minimum Gasteiger partial charge on any atom is -0.454 e. The van der Waals surface area contributed by atoms with Crippen molar-refractivity contribution >= 4 is 5.78 Å². The molecule has 0 unspecified atom stereocenters. The van der Waals surface area contributed by atoms with Crippen LogP contribution in [-0.4, -0.2) is 12.6 Å². The molecule has 0 atom stereocenters. The molecule has 0 radical (unpaired) electrons. The van der Waals surface area contributed by atoms with Crippen LogP contribution in [0, 0.1) is 11.8 Å². The molecule has 0 saturated heterocycles. The van der Waals surface area contributed by atoms with Crippen LogP contribution in [0.15, 0.2) is 55.1 Å². The van der Waals surface area contributed by atoms with Crippen LogP contribution >= 0.6 is 0 Å². The number of carbonyl (C=O) groups excluding carboxylic acids is 1. The summed E-state index contributed by atoms with van der Waals surface area (Å²) in [4.78, 5) is 11.7. The van der Waals surface area contributed by atoms with E-state index in [9.17, 15) is 4.79 Å². The van der Waals surface area contributed by atoms with Crippen LogP contribution in [0.4, 0.5) is 0 Å². The lowest BCUT2D eigenvalue weighted by Gasteiger charge is -2.05. The van der Waals surface area contributed by atoms with Crippen molar-refractivity contribution < 1.29 is 14.3 Å². The van der Waals surface area contributed by atoms with Crippen molar-refractivity contribution in [3.8, 4) is 23.3 Å². The van der Waals surface area contributed by atoms with Crippen molar-refractivity contribution in [2.24, 2.45) is 0 Å². The number of fused-ring (bicyclic) bond motifs is 1. The predicted molar refractivity (Wildman–Crippen MR) is 83.9 cm³/mol. The summed E-state index contributed by atoms with van der Waals surface area (Å²) in [5, 5.41) is 0. The zero-order valence-electron chi connectivity index (χ0n) is 12.0. The zero-order chi connectivity index (χ0) is 15.4. The Morgan fingerprint density at radius 2 is 1.86 bits per heavy atom. The SMILES string of the molecule is C=CC(=O)Cc1cc2c(cc1C#Cc1ccccc1)OCO2. The molecule has 1 aliphatic heterocycles. The van der Waals surface area contributed by atoms with Gasteiger partial charge in [-0.3, -0.25) is 4.79 Å². The molecule has 0 N–H and O–H groups in total. The monoisotopic (exact) mass is 290 g/mol. The fourth-order valence-electron chi connectivity index (χ4n) is 2.17. The van der Waals surface area contributed by atoms with Crippen LogP contribution < -0.4 is 9.47 Å². The molecule has 0 aromatic heterocycles. The highest BCUT2D eigenvalue weighted by atomic mass is 16.7. The Hall–Kier alpha value is -2.99. The minimum atomic E-state index is -0.0540. The molecular formula is C19H14O3. The lowest BCUT2D eigenvalue weighted by Crippen LogP contribution is -2.00. The van der Waals surface area contributed by atoms with Gasteiger partial charge in [0.05, 0.1) is 0 Å². The van der Waals surface area contributed by atoms with Gasteiger partial charge < -0.3 is 9.47 Å². The maximum absolute atomic E-state index is 11.7. The Kier molecular flexibility index (Phi) is 3.93. The van der Waals surface area contributed by atoms with E-state index in [1.807, 2.05) is 42.5 Å². The zero-order valence-corrected chi connectivity index (χ0v) is 12.0. The standard InChI is InChI=1S/C19H14O3/c1-2-17(20)10-16-12-19-18(21-13-22-19)11-15(16)9-8-14-6-4-3-5-7-14/h2-7,11-12H,1,10,13H2. The summed E-state index contributed by atoms with van der Waals surface area (Å²) in [5.74, 6) is 7.47. The average Bonchev–Trinajstić information content (AvgIpc) is 3.00. The summed E-state index contributed by atoms with van der Waals surface area (Å²) in [6.45, 7) is 3.71. The van der Waals surface area contributed by atoms with Crippen LogP contribution in [0.3, 0.4) is 0 Å². The smallest absolute Gasteiger partial charge is 0.231 e. The van der Waals surface area contributed by atoms with Gasteiger partial charge in [0.1, 0.15) is 0 Å². The molecule has 108 valence electrons. The molecule has 0 spiro atoms. The maximum atomic E-state index is 11.7. The topological polar surface area (TPSA) is 35.5 Å². The Morgan fingerprint density at radius 3 is 2.59 bits per heavy atom. The van der Waals surface area contributed by atoms with Crippen molar-refractivity contribution in [2.75, 3.05) is 6.79 Å². The summed E-state index contributed by atoms with van der Waals surface area (Å²) >= 11 is 0. The molecule has 3 rings (SSSR count). The van der Waals surface area contributed by atoms with Gasteiger partial charge in [0.25, 0.3) is 0 Å². The molecule has 0 fully saturated rings. The molecule has 0 bridgehead atoms. The van der Waals surface area contributed by atoms with Crippen LogP contribution in [-0.2, 0) is 11.2 Å².